The van der Waals surface area contributed by atoms with Gasteiger partial charge in [0.25, 0.3) is 0 Å². The van der Waals surface area contributed by atoms with Crippen LogP contribution in [-0.2, 0) is 0 Å². The van der Waals surface area contributed by atoms with Gasteiger partial charge in [0.1, 0.15) is 0 Å². The standard InChI is InChI=1S/C17H26BrN/c1-12-11-15(9-10-16(12)18)19-14-7-5-13(6-8-14)17(2,3)4/h9-11,13-14,19H,5-8H2,1-4H3. The highest BCUT2D eigenvalue weighted by molar-refractivity contribution is 9.10. The van der Waals surface area contributed by atoms with Gasteiger partial charge in [0.15, 0.2) is 0 Å². The minimum Gasteiger partial charge on any atom is -0.382 e. The molecule has 0 unspecified atom stereocenters. The molecule has 106 valence electrons. The molecule has 2 rings (SSSR count). The van der Waals surface area contributed by atoms with Gasteiger partial charge >= 0.3 is 0 Å². The minimum atomic E-state index is 0.471. The van der Waals surface area contributed by atoms with Gasteiger partial charge in [-0.2, -0.15) is 0 Å². The Hall–Kier alpha value is -0.500. The van der Waals surface area contributed by atoms with Crippen molar-refractivity contribution in [3.63, 3.8) is 0 Å². The first-order valence-corrected chi connectivity index (χ1v) is 8.18. The molecule has 1 aliphatic carbocycles. The summed E-state index contributed by atoms with van der Waals surface area (Å²) >= 11 is 3.56. The van der Waals surface area contributed by atoms with Crippen molar-refractivity contribution >= 4 is 21.6 Å². The summed E-state index contributed by atoms with van der Waals surface area (Å²) in [4.78, 5) is 0. The molecule has 2 heteroatoms. The largest absolute Gasteiger partial charge is 0.382 e. The lowest BCUT2D eigenvalue weighted by Crippen LogP contribution is -2.31. The fourth-order valence-electron chi connectivity index (χ4n) is 3.07. The fraction of sp³-hybridized carbons (Fsp3) is 0.647. The smallest absolute Gasteiger partial charge is 0.0345 e. The highest BCUT2D eigenvalue weighted by Crippen LogP contribution is 2.38. The predicted molar refractivity (Wildman–Crippen MR) is 87.7 cm³/mol. The fourth-order valence-corrected chi connectivity index (χ4v) is 3.32. The molecular weight excluding hydrogens is 298 g/mol. The summed E-state index contributed by atoms with van der Waals surface area (Å²) in [5.74, 6) is 0.886. The van der Waals surface area contributed by atoms with Crippen LogP contribution in [0.5, 0.6) is 0 Å². The highest BCUT2D eigenvalue weighted by Gasteiger charge is 2.29. The van der Waals surface area contributed by atoms with E-state index in [9.17, 15) is 0 Å². The Bertz CT molecular complexity index is 425. The molecule has 0 heterocycles. The minimum absolute atomic E-state index is 0.471. The van der Waals surface area contributed by atoms with E-state index in [1.807, 2.05) is 0 Å². The van der Waals surface area contributed by atoms with Crippen LogP contribution in [0, 0.1) is 18.3 Å². The van der Waals surface area contributed by atoms with Gasteiger partial charge in [-0.3, -0.25) is 0 Å². The maximum Gasteiger partial charge on any atom is 0.0345 e. The molecule has 0 bridgehead atoms. The monoisotopic (exact) mass is 323 g/mol. The highest BCUT2D eigenvalue weighted by atomic mass is 79.9. The van der Waals surface area contributed by atoms with Gasteiger partial charge in [0.05, 0.1) is 0 Å². The number of rotatable bonds is 2. The topological polar surface area (TPSA) is 12.0 Å². The number of halogens is 1. The van der Waals surface area contributed by atoms with Crippen LogP contribution in [0.15, 0.2) is 22.7 Å². The zero-order chi connectivity index (χ0) is 14.0. The molecule has 0 saturated heterocycles. The molecule has 19 heavy (non-hydrogen) atoms. The lowest BCUT2D eigenvalue weighted by atomic mass is 9.71. The average molecular weight is 324 g/mol. The zero-order valence-electron chi connectivity index (χ0n) is 12.6. The molecule has 1 N–H and O–H groups in total. The van der Waals surface area contributed by atoms with E-state index in [0.29, 0.717) is 11.5 Å². The third-order valence-electron chi connectivity index (χ3n) is 4.48. The summed E-state index contributed by atoms with van der Waals surface area (Å²) in [5.41, 5.74) is 3.03. The van der Waals surface area contributed by atoms with Crippen LogP contribution >= 0.6 is 15.9 Å². The lowest BCUT2D eigenvalue weighted by molar-refractivity contribution is 0.173. The van der Waals surface area contributed by atoms with E-state index in [1.54, 1.807) is 0 Å². The molecule has 1 nitrogen and oxygen atoms in total. The molecule has 1 saturated carbocycles. The van der Waals surface area contributed by atoms with E-state index >= 15 is 0 Å². The quantitative estimate of drug-likeness (QED) is 0.728. The maximum atomic E-state index is 3.70. The maximum absolute atomic E-state index is 3.70. The second-order valence-corrected chi connectivity index (χ2v) is 7.88. The van der Waals surface area contributed by atoms with Gasteiger partial charge in [0.2, 0.25) is 0 Å². The van der Waals surface area contributed by atoms with Gasteiger partial charge < -0.3 is 5.32 Å². The number of hydrogen-bond acceptors (Lipinski definition) is 1. The van der Waals surface area contributed by atoms with Crippen LogP contribution in [0.2, 0.25) is 0 Å². The predicted octanol–water partition coefficient (Wildman–Crippen LogP) is 5.77. The van der Waals surface area contributed by atoms with E-state index in [-0.39, 0.29) is 0 Å². The van der Waals surface area contributed by atoms with Gasteiger partial charge in [-0.25, -0.2) is 0 Å². The van der Waals surface area contributed by atoms with Crippen molar-refractivity contribution in [3.8, 4) is 0 Å². The Labute approximate surface area is 126 Å². The van der Waals surface area contributed by atoms with Crippen LogP contribution in [0.1, 0.15) is 52.0 Å². The van der Waals surface area contributed by atoms with Crippen molar-refractivity contribution in [2.45, 2.75) is 59.4 Å². The van der Waals surface area contributed by atoms with E-state index in [1.165, 1.54) is 41.4 Å². The van der Waals surface area contributed by atoms with Crippen molar-refractivity contribution in [2.24, 2.45) is 11.3 Å². The molecule has 0 aromatic heterocycles. The van der Waals surface area contributed by atoms with Crippen molar-refractivity contribution in [1.29, 1.82) is 0 Å². The van der Waals surface area contributed by atoms with Crippen molar-refractivity contribution in [3.05, 3.63) is 28.2 Å². The molecule has 0 aliphatic heterocycles. The number of hydrogen-bond donors (Lipinski definition) is 1. The normalized spacial score (nSPS) is 24.3. The van der Waals surface area contributed by atoms with Crippen LogP contribution in [-0.4, -0.2) is 6.04 Å². The summed E-state index contributed by atoms with van der Waals surface area (Å²) in [6, 6.07) is 7.20. The lowest BCUT2D eigenvalue weighted by Gasteiger charge is -2.37. The third-order valence-corrected chi connectivity index (χ3v) is 5.37. The first kappa shape index (κ1) is 14.9. The van der Waals surface area contributed by atoms with Gasteiger partial charge in [0, 0.05) is 16.2 Å². The van der Waals surface area contributed by atoms with E-state index in [0.717, 1.165) is 5.92 Å². The second kappa shape index (κ2) is 5.87. The summed E-state index contributed by atoms with van der Waals surface area (Å²) in [6.45, 7) is 9.28. The Morgan fingerprint density at radius 2 is 1.74 bits per heavy atom. The van der Waals surface area contributed by atoms with Crippen LogP contribution in [0.25, 0.3) is 0 Å². The molecular formula is C17H26BrN. The second-order valence-electron chi connectivity index (χ2n) is 7.02. The van der Waals surface area contributed by atoms with E-state index in [2.05, 4.69) is 67.1 Å². The Morgan fingerprint density at radius 3 is 2.26 bits per heavy atom. The number of nitrogens with one attached hydrogen (secondary N) is 1. The van der Waals surface area contributed by atoms with Gasteiger partial charge in [-0.1, -0.05) is 36.7 Å². The van der Waals surface area contributed by atoms with Crippen LogP contribution in [0.3, 0.4) is 0 Å². The molecule has 1 aromatic rings. The van der Waals surface area contributed by atoms with Crippen molar-refractivity contribution in [2.75, 3.05) is 5.32 Å². The Kier molecular flexibility index (Phi) is 4.60. The van der Waals surface area contributed by atoms with Gasteiger partial charge in [-0.05, 0) is 67.7 Å². The van der Waals surface area contributed by atoms with Crippen LogP contribution < -0.4 is 5.32 Å². The number of benzene rings is 1. The average Bonchev–Trinajstić information content (AvgIpc) is 2.33. The summed E-state index contributed by atoms with van der Waals surface area (Å²) in [5, 5.41) is 3.70. The first-order chi connectivity index (χ1) is 8.86. The molecule has 1 aromatic carbocycles. The molecule has 0 radical (unpaired) electrons. The molecule has 0 spiro atoms. The van der Waals surface area contributed by atoms with E-state index in [4.69, 9.17) is 0 Å². The molecule has 1 aliphatic rings. The third kappa shape index (κ3) is 3.98. The number of aryl methyl sites for hydroxylation is 1. The van der Waals surface area contributed by atoms with Gasteiger partial charge in [-0.15, -0.1) is 0 Å². The molecule has 1 fully saturated rings. The summed E-state index contributed by atoms with van der Waals surface area (Å²) in [7, 11) is 0. The molecule has 0 amide bonds. The Balaban J connectivity index is 1.90. The van der Waals surface area contributed by atoms with Crippen molar-refractivity contribution in [1.82, 2.24) is 0 Å². The first-order valence-electron chi connectivity index (χ1n) is 7.39. The SMILES string of the molecule is Cc1cc(NC2CCC(C(C)(C)C)CC2)ccc1Br. The zero-order valence-corrected chi connectivity index (χ0v) is 14.2. The summed E-state index contributed by atoms with van der Waals surface area (Å²) < 4.78 is 1.19. The van der Waals surface area contributed by atoms with Crippen molar-refractivity contribution < 1.29 is 0 Å². The summed E-state index contributed by atoms with van der Waals surface area (Å²) in [6.07, 6.45) is 5.32. The van der Waals surface area contributed by atoms with E-state index < -0.39 is 0 Å². The molecule has 0 atom stereocenters. The number of anilines is 1. The Morgan fingerprint density at radius 1 is 1.11 bits per heavy atom. The van der Waals surface area contributed by atoms with Crippen LogP contribution in [0.4, 0.5) is 5.69 Å².